The van der Waals surface area contributed by atoms with E-state index >= 15 is 0 Å². The first-order valence-corrected chi connectivity index (χ1v) is 7.88. The fourth-order valence-corrected chi connectivity index (χ4v) is 3.11. The molecule has 1 aliphatic heterocycles. The van der Waals surface area contributed by atoms with Crippen molar-refractivity contribution in [1.82, 2.24) is 0 Å². The van der Waals surface area contributed by atoms with Crippen LogP contribution in [0.5, 0.6) is 28.7 Å². The molecule has 0 amide bonds. The molecule has 5 heteroatoms. The number of ether oxygens (including phenoxy) is 4. The van der Waals surface area contributed by atoms with Gasteiger partial charge in [-0.25, -0.2) is 0 Å². The van der Waals surface area contributed by atoms with E-state index in [1.54, 1.807) is 33.5 Å². The molecular formula is C19H22O5. The van der Waals surface area contributed by atoms with Gasteiger partial charge in [-0.2, -0.15) is 0 Å². The molecule has 0 saturated heterocycles. The molecule has 128 valence electrons. The largest absolute Gasteiger partial charge is 0.504 e. The van der Waals surface area contributed by atoms with Gasteiger partial charge in [0.2, 0.25) is 0 Å². The van der Waals surface area contributed by atoms with Crippen molar-refractivity contribution in [2.45, 2.75) is 12.8 Å². The fourth-order valence-electron chi connectivity index (χ4n) is 3.11. The third-order valence-electron chi connectivity index (χ3n) is 4.33. The quantitative estimate of drug-likeness (QED) is 0.912. The zero-order valence-corrected chi connectivity index (χ0v) is 14.2. The smallest absolute Gasteiger partial charge is 0.160 e. The molecule has 0 bridgehead atoms. The summed E-state index contributed by atoms with van der Waals surface area (Å²) in [4.78, 5) is 0. The van der Waals surface area contributed by atoms with E-state index < -0.39 is 0 Å². The highest BCUT2D eigenvalue weighted by Gasteiger charge is 2.24. The molecule has 5 nitrogen and oxygen atoms in total. The van der Waals surface area contributed by atoms with E-state index in [0.29, 0.717) is 18.3 Å². The maximum Gasteiger partial charge on any atom is 0.160 e. The Balaban J connectivity index is 1.78. The van der Waals surface area contributed by atoms with Crippen molar-refractivity contribution in [3.8, 4) is 28.7 Å². The summed E-state index contributed by atoms with van der Waals surface area (Å²) in [5, 5.41) is 9.93. The van der Waals surface area contributed by atoms with Gasteiger partial charge in [-0.3, -0.25) is 0 Å². The molecule has 0 saturated carbocycles. The van der Waals surface area contributed by atoms with Crippen LogP contribution in [0.1, 0.15) is 11.1 Å². The van der Waals surface area contributed by atoms with E-state index in [9.17, 15) is 5.11 Å². The van der Waals surface area contributed by atoms with Crippen LogP contribution < -0.4 is 18.9 Å². The van der Waals surface area contributed by atoms with Gasteiger partial charge in [0.15, 0.2) is 11.5 Å². The predicted octanol–water partition coefficient (Wildman–Crippen LogP) is 3.21. The van der Waals surface area contributed by atoms with Crippen LogP contribution in [0.2, 0.25) is 0 Å². The topological polar surface area (TPSA) is 57.2 Å². The number of phenols is 1. The van der Waals surface area contributed by atoms with E-state index in [-0.39, 0.29) is 5.75 Å². The number of rotatable bonds is 5. The Bertz CT molecular complexity index is 709. The van der Waals surface area contributed by atoms with Crippen molar-refractivity contribution < 1.29 is 24.1 Å². The Kier molecular flexibility index (Phi) is 4.69. The van der Waals surface area contributed by atoms with Gasteiger partial charge in [0, 0.05) is 23.6 Å². The molecule has 1 unspecified atom stereocenters. The molecule has 1 heterocycles. The lowest BCUT2D eigenvalue weighted by Gasteiger charge is -2.27. The summed E-state index contributed by atoms with van der Waals surface area (Å²) in [6.45, 7) is 0.621. The van der Waals surface area contributed by atoms with Crippen LogP contribution in [0.3, 0.4) is 0 Å². The van der Waals surface area contributed by atoms with Gasteiger partial charge >= 0.3 is 0 Å². The van der Waals surface area contributed by atoms with Gasteiger partial charge in [0.05, 0.1) is 27.9 Å². The average Bonchev–Trinajstić information content (AvgIpc) is 2.61. The van der Waals surface area contributed by atoms with Crippen molar-refractivity contribution in [3.63, 3.8) is 0 Å². The Morgan fingerprint density at radius 1 is 1.04 bits per heavy atom. The van der Waals surface area contributed by atoms with Crippen LogP contribution in [0, 0.1) is 5.92 Å². The van der Waals surface area contributed by atoms with Crippen molar-refractivity contribution in [1.29, 1.82) is 0 Å². The summed E-state index contributed by atoms with van der Waals surface area (Å²) in [6.07, 6.45) is 1.67. The third kappa shape index (κ3) is 3.20. The van der Waals surface area contributed by atoms with Crippen LogP contribution in [0.15, 0.2) is 30.3 Å². The maximum atomic E-state index is 9.93. The van der Waals surface area contributed by atoms with Gasteiger partial charge < -0.3 is 24.1 Å². The van der Waals surface area contributed by atoms with Gasteiger partial charge in [0.1, 0.15) is 17.2 Å². The zero-order valence-electron chi connectivity index (χ0n) is 14.2. The van der Waals surface area contributed by atoms with E-state index in [4.69, 9.17) is 18.9 Å². The molecule has 3 rings (SSSR count). The molecule has 0 fully saturated rings. The lowest BCUT2D eigenvalue weighted by Crippen LogP contribution is -2.23. The van der Waals surface area contributed by atoms with Crippen molar-refractivity contribution >= 4 is 0 Å². The first-order valence-electron chi connectivity index (χ1n) is 7.88. The normalized spacial score (nSPS) is 16.0. The molecule has 1 atom stereocenters. The molecule has 0 aliphatic carbocycles. The highest BCUT2D eigenvalue weighted by atomic mass is 16.5. The first-order chi connectivity index (χ1) is 11.6. The minimum absolute atomic E-state index is 0.162. The Morgan fingerprint density at radius 2 is 1.83 bits per heavy atom. The van der Waals surface area contributed by atoms with Crippen LogP contribution in [-0.4, -0.2) is 33.0 Å². The molecule has 0 radical (unpaired) electrons. The van der Waals surface area contributed by atoms with Gasteiger partial charge in [-0.05, 0) is 30.5 Å². The SMILES string of the molecule is COc1cc(OC)c2c(c1)OCC(Cc1ccc(OC)c(O)c1)C2. The Labute approximate surface area is 141 Å². The lowest BCUT2D eigenvalue weighted by atomic mass is 9.90. The number of aromatic hydroxyl groups is 1. The average molecular weight is 330 g/mol. The molecular weight excluding hydrogens is 308 g/mol. The monoisotopic (exact) mass is 330 g/mol. The third-order valence-corrected chi connectivity index (χ3v) is 4.33. The van der Waals surface area contributed by atoms with Crippen LogP contribution in [0.4, 0.5) is 0 Å². The number of methoxy groups -OCH3 is 3. The molecule has 2 aromatic rings. The molecule has 24 heavy (non-hydrogen) atoms. The molecule has 0 spiro atoms. The maximum absolute atomic E-state index is 9.93. The highest BCUT2D eigenvalue weighted by Crippen LogP contribution is 2.39. The molecule has 1 aliphatic rings. The number of hydrogen-bond acceptors (Lipinski definition) is 5. The van der Waals surface area contributed by atoms with Gasteiger partial charge in [0.25, 0.3) is 0 Å². The van der Waals surface area contributed by atoms with E-state index in [2.05, 4.69) is 0 Å². The second kappa shape index (κ2) is 6.91. The summed E-state index contributed by atoms with van der Waals surface area (Å²) in [7, 11) is 4.82. The minimum Gasteiger partial charge on any atom is -0.504 e. The van der Waals surface area contributed by atoms with Crippen molar-refractivity contribution in [2.24, 2.45) is 5.92 Å². The van der Waals surface area contributed by atoms with Crippen molar-refractivity contribution in [3.05, 3.63) is 41.5 Å². The standard InChI is InChI=1S/C19H22O5/c1-21-14-9-18(23-3)15-7-13(11-24-19(15)10-14)6-12-4-5-17(22-2)16(20)8-12/h4-5,8-10,13,20H,6-7,11H2,1-3H3. The zero-order chi connectivity index (χ0) is 17.1. The first kappa shape index (κ1) is 16.3. The minimum atomic E-state index is 0.162. The summed E-state index contributed by atoms with van der Waals surface area (Å²) in [5.41, 5.74) is 2.12. The van der Waals surface area contributed by atoms with Gasteiger partial charge in [-0.1, -0.05) is 6.07 Å². The number of fused-ring (bicyclic) bond motifs is 1. The van der Waals surface area contributed by atoms with Gasteiger partial charge in [-0.15, -0.1) is 0 Å². The summed E-state index contributed by atoms with van der Waals surface area (Å²) >= 11 is 0. The van der Waals surface area contributed by atoms with Crippen LogP contribution in [0.25, 0.3) is 0 Å². The Hall–Kier alpha value is -2.56. The summed E-state index contributed by atoms with van der Waals surface area (Å²) in [5.74, 6) is 3.29. The highest BCUT2D eigenvalue weighted by molar-refractivity contribution is 5.52. The number of hydrogen-bond donors (Lipinski definition) is 1. The van der Waals surface area contributed by atoms with Crippen molar-refractivity contribution in [2.75, 3.05) is 27.9 Å². The summed E-state index contributed by atoms with van der Waals surface area (Å²) in [6, 6.07) is 9.28. The van der Waals surface area contributed by atoms with Crippen LogP contribution >= 0.6 is 0 Å². The predicted molar refractivity (Wildman–Crippen MR) is 90.6 cm³/mol. The van der Waals surface area contributed by atoms with E-state index in [1.807, 2.05) is 18.2 Å². The second-order valence-electron chi connectivity index (χ2n) is 5.90. The summed E-state index contributed by atoms with van der Waals surface area (Å²) < 4.78 is 21.8. The lowest BCUT2D eigenvalue weighted by molar-refractivity contribution is 0.216. The second-order valence-corrected chi connectivity index (χ2v) is 5.90. The molecule has 0 aromatic heterocycles. The van der Waals surface area contributed by atoms with E-state index in [0.717, 1.165) is 41.2 Å². The molecule has 2 aromatic carbocycles. The van der Waals surface area contributed by atoms with Crippen LogP contribution in [-0.2, 0) is 12.8 Å². The number of phenolic OH excluding ortho intramolecular Hbond substituents is 1. The molecule has 1 N–H and O–H groups in total. The fraction of sp³-hybridized carbons (Fsp3) is 0.368. The Morgan fingerprint density at radius 3 is 2.50 bits per heavy atom. The number of benzene rings is 2. The van der Waals surface area contributed by atoms with E-state index in [1.165, 1.54) is 0 Å².